The maximum absolute atomic E-state index is 5.35. The Labute approximate surface area is 113 Å². The van der Waals surface area contributed by atoms with E-state index in [1.54, 1.807) is 7.11 Å². The van der Waals surface area contributed by atoms with Crippen LogP contribution in [0.4, 0.5) is 0 Å². The van der Waals surface area contributed by atoms with Gasteiger partial charge in [0.2, 0.25) is 0 Å². The minimum Gasteiger partial charge on any atom is -0.383 e. The van der Waals surface area contributed by atoms with Crippen LogP contribution >= 0.6 is 0 Å². The molecule has 108 valence electrons. The van der Waals surface area contributed by atoms with E-state index in [-0.39, 0.29) is 5.54 Å². The summed E-state index contributed by atoms with van der Waals surface area (Å²) in [4.78, 5) is 2.64. The monoisotopic (exact) mass is 256 g/mol. The molecule has 0 aromatic carbocycles. The first-order valence-electron chi connectivity index (χ1n) is 7.23. The van der Waals surface area contributed by atoms with E-state index in [9.17, 15) is 0 Å². The molecule has 3 unspecified atom stereocenters. The highest BCUT2D eigenvalue weighted by Gasteiger charge is 2.41. The predicted molar refractivity (Wildman–Crippen MR) is 78.0 cm³/mol. The minimum absolute atomic E-state index is 0.250. The summed E-state index contributed by atoms with van der Waals surface area (Å²) in [6.45, 7) is 16.9. The standard InChI is InChI=1S/C15H32N2O/c1-8-15(6)11-16-13(14(3,4)5)9-17(15)12(2)10-18-7/h12-13,16H,8-11H2,1-7H3. The van der Waals surface area contributed by atoms with E-state index < -0.39 is 0 Å². The van der Waals surface area contributed by atoms with Gasteiger partial charge >= 0.3 is 0 Å². The Hall–Kier alpha value is -0.120. The summed E-state index contributed by atoms with van der Waals surface area (Å²) in [5.41, 5.74) is 0.555. The predicted octanol–water partition coefficient (Wildman–Crippen LogP) is 2.51. The molecule has 0 aliphatic carbocycles. The summed E-state index contributed by atoms with van der Waals surface area (Å²) >= 11 is 0. The van der Waals surface area contributed by atoms with Gasteiger partial charge in [-0.05, 0) is 25.7 Å². The molecule has 1 fully saturated rings. The smallest absolute Gasteiger partial charge is 0.0615 e. The summed E-state index contributed by atoms with van der Waals surface area (Å²) in [5.74, 6) is 0. The fourth-order valence-corrected chi connectivity index (χ4v) is 2.88. The van der Waals surface area contributed by atoms with Gasteiger partial charge in [0.15, 0.2) is 0 Å². The van der Waals surface area contributed by atoms with Gasteiger partial charge in [0.05, 0.1) is 6.61 Å². The molecular formula is C15H32N2O. The molecule has 0 aromatic heterocycles. The maximum atomic E-state index is 5.35. The molecule has 3 nitrogen and oxygen atoms in total. The Balaban J connectivity index is 2.83. The normalized spacial score (nSPS) is 32.5. The van der Waals surface area contributed by atoms with E-state index >= 15 is 0 Å². The van der Waals surface area contributed by atoms with Crippen LogP contribution in [0.3, 0.4) is 0 Å². The second-order valence-electron chi connectivity index (χ2n) is 7.11. The van der Waals surface area contributed by atoms with Crippen molar-refractivity contribution in [2.45, 2.75) is 65.6 Å². The number of nitrogens with one attached hydrogen (secondary N) is 1. The van der Waals surface area contributed by atoms with E-state index in [2.05, 4.69) is 51.8 Å². The summed E-state index contributed by atoms with van der Waals surface area (Å²) in [7, 11) is 1.79. The zero-order chi connectivity index (χ0) is 14.0. The quantitative estimate of drug-likeness (QED) is 0.836. The highest BCUT2D eigenvalue weighted by Crippen LogP contribution is 2.31. The number of ether oxygens (including phenoxy) is 1. The van der Waals surface area contributed by atoms with Crippen molar-refractivity contribution >= 4 is 0 Å². The molecular weight excluding hydrogens is 224 g/mol. The van der Waals surface area contributed by atoms with Gasteiger partial charge in [-0.15, -0.1) is 0 Å². The molecule has 1 heterocycles. The molecule has 0 saturated carbocycles. The number of methoxy groups -OCH3 is 1. The summed E-state index contributed by atoms with van der Waals surface area (Å²) in [6, 6.07) is 1.03. The van der Waals surface area contributed by atoms with Gasteiger partial charge in [0.25, 0.3) is 0 Å². The fraction of sp³-hybridized carbons (Fsp3) is 1.00. The van der Waals surface area contributed by atoms with Gasteiger partial charge in [-0.1, -0.05) is 27.7 Å². The molecule has 0 amide bonds. The van der Waals surface area contributed by atoms with E-state index in [1.807, 2.05) is 0 Å². The van der Waals surface area contributed by atoms with Crippen molar-refractivity contribution in [3.8, 4) is 0 Å². The zero-order valence-electron chi connectivity index (χ0n) is 13.3. The van der Waals surface area contributed by atoms with Crippen molar-refractivity contribution < 1.29 is 4.74 Å². The van der Waals surface area contributed by atoms with Crippen LogP contribution in [-0.4, -0.2) is 49.3 Å². The highest BCUT2D eigenvalue weighted by atomic mass is 16.5. The van der Waals surface area contributed by atoms with E-state index in [4.69, 9.17) is 4.74 Å². The van der Waals surface area contributed by atoms with Crippen LogP contribution in [0.2, 0.25) is 0 Å². The van der Waals surface area contributed by atoms with Gasteiger partial charge in [-0.3, -0.25) is 4.90 Å². The van der Waals surface area contributed by atoms with Gasteiger partial charge in [0.1, 0.15) is 0 Å². The van der Waals surface area contributed by atoms with Crippen LogP contribution in [0.25, 0.3) is 0 Å². The Morgan fingerprint density at radius 1 is 1.44 bits per heavy atom. The SMILES string of the molecule is CCC1(C)CNC(C(C)(C)C)CN1C(C)COC. The number of nitrogens with zero attached hydrogens (tertiary/aromatic N) is 1. The third-order valence-corrected chi connectivity index (χ3v) is 4.55. The lowest BCUT2D eigenvalue weighted by atomic mass is 9.81. The van der Waals surface area contributed by atoms with Crippen molar-refractivity contribution in [2.75, 3.05) is 26.8 Å². The van der Waals surface area contributed by atoms with Crippen molar-refractivity contribution in [2.24, 2.45) is 5.41 Å². The van der Waals surface area contributed by atoms with Gasteiger partial charge in [-0.2, -0.15) is 0 Å². The first-order chi connectivity index (χ1) is 8.24. The summed E-state index contributed by atoms with van der Waals surface area (Å²) in [5, 5.41) is 3.75. The van der Waals surface area contributed by atoms with Crippen LogP contribution in [0.1, 0.15) is 48.0 Å². The lowest BCUT2D eigenvalue weighted by Gasteiger charge is -2.53. The first-order valence-corrected chi connectivity index (χ1v) is 7.23. The maximum Gasteiger partial charge on any atom is 0.0615 e. The Bertz CT molecular complexity index is 262. The van der Waals surface area contributed by atoms with Crippen LogP contribution < -0.4 is 5.32 Å². The molecule has 0 aromatic rings. The molecule has 1 aliphatic rings. The topological polar surface area (TPSA) is 24.5 Å². The summed E-state index contributed by atoms with van der Waals surface area (Å²) < 4.78 is 5.35. The molecule has 3 atom stereocenters. The fourth-order valence-electron chi connectivity index (χ4n) is 2.88. The van der Waals surface area contributed by atoms with Gasteiger partial charge in [0, 0.05) is 37.8 Å². The van der Waals surface area contributed by atoms with Gasteiger partial charge < -0.3 is 10.1 Å². The molecule has 0 radical (unpaired) electrons. The van der Waals surface area contributed by atoms with E-state index in [0.29, 0.717) is 17.5 Å². The number of hydrogen-bond acceptors (Lipinski definition) is 3. The Kier molecular flexibility index (Phi) is 5.22. The van der Waals surface area contributed by atoms with E-state index in [1.165, 1.54) is 6.42 Å². The third kappa shape index (κ3) is 3.46. The second-order valence-corrected chi connectivity index (χ2v) is 7.11. The minimum atomic E-state index is 0.250. The van der Waals surface area contributed by atoms with Crippen LogP contribution in [0, 0.1) is 5.41 Å². The number of rotatable bonds is 4. The van der Waals surface area contributed by atoms with E-state index in [0.717, 1.165) is 19.7 Å². The van der Waals surface area contributed by atoms with Gasteiger partial charge in [-0.25, -0.2) is 0 Å². The average Bonchev–Trinajstić information content (AvgIpc) is 2.28. The number of piperazine rings is 1. The third-order valence-electron chi connectivity index (χ3n) is 4.55. The van der Waals surface area contributed by atoms with Crippen molar-refractivity contribution in [1.82, 2.24) is 10.2 Å². The number of hydrogen-bond donors (Lipinski definition) is 1. The molecule has 3 heteroatoms. The highest BCUT2D eigenvalue weighted by molar-refractivity contribution is 5.00. The largest absolute Gasteiger partial charge is 0.383 e. The lowest BCUT2D eigenvalue weighted by Crippen LogP contribution is -2.68. The molecule has 0 spiro atoms. The lowest BCUT2D eigenvalue weighted by molar-refractivity contribution is -0.0275. The average molecular weight is 256 g/mol. The van der Waals surface area contributed by atoms with Crippen LogP contribution in [-0.2, 0) is 4.74 Å². The molecule has 1 rings (SSSR count). The van der Waals surface area contributed by atoms with Crippen molar-refractivity contribution in [1.29, 1.82) is 0 Å². The molecule has 1 saturated heterocycles. The second kappa shape index (κ2) is 5.89. The molecule has 0 bridgehead atoms. The zero-order valence-corrected chi connectivity index (χ0v) is 13.3. The van der Waals surface area contributed by atoms with Crippen LogP contribution in [0.15, 0.2) is 0 Å². The van der Waals surface area contributed by atoms with Crippen molar-refractivity contribution in [3.63, 3.8) is 0 Å². The molecule has 1 aliphatic heterocycles. The van der Waals surface area contributed by atoms with Crippen LogP contribution in [0.5, 0.6) is 0 Å². The Morgan fingerprint density at radius 2 is 2.06 bits per heavy atom. The molecule has 1 N–H and O–H groups in total. The van der Waals surface area contributed by atoms with Crippen molar-refractivity contribution in [3.05, 3.63) is 0 Å². The summed E-state index contributed by atoms with van der Waals surface area (Å²) in [6.07, 6.45) is 1.17. The first kappa shape index (κ1) is 15.9. The molecule has 18 heavy (non-hydrogen) atoms. The Morgan fingerprint density at radius 3 is 2.50 bits per heavy atom.